The zero-order valence-electron chi connectivity index (χ0n) is 8.54. The molecular formula is C11H19NO2. The highest BCUT2D eigenvalue weighted by Gasteiger charge is 2.25. The average molecular weight is 197 g/mol. The van der Waals surface area contributed by atoms with Gasteiger partial charge in [-0.1, -0.05) is 0 Å². The molecule has 2 rings (SSSR count). The maximum atomic E-state index is 10.1. The fourth-order valence-electron chi connectivity index (χ4n) is 2.25. The maximum absolute atomic E-state index is 10.1. The zero-order valence-corrected chi connectivity index (χ0v) is 8.54. The Hall–Kier alpha value is -0.540. The minimum absolute atomic E-state index is 0.289. The lowest BCUT2D eigenvalue weighted by molar-refractivity contribution is 0.105. The Morgan fingerprint density at radius 3 is 3.07 bits per heavy atom. The molecule has 3 heteroatoms. The van der Waals surface area contributed by atoms with Crippen LogP contribution in [0.15, 0.2) is 11.8 Å². The van der Waals surface area contributed by atoms with Gasteiger partial charge in [0.2, 0.25) is 0 Å². The minimum atomic E-state index is -0.289. The quantitative estimate of drug-likeness (QED) is 0.695. The summed E-state index contributed by atoms with van der Waals surface area (Å²) in [7, 11) is 0. The number of rotatable bonds is 2. The fraction of sp³-hybridized carbons (Fsp3) is 0.818. The molecule has 0 spiro atoms. The first kappa shape index (κ1) is 9.99. The minimum Gasteiger partial charge on any atom is -0.501 e. The van der Waals surface area contributed by atoms with Crippen molar-refractivity contribution < 1.29 is 9.84 Å². The van der Waals surface area contributed by atoms with Crippen molar-refractivity contribution in [1.29, 1.82) is 0 Å². The van der Waals surface area contributed by atoms with Gasteiger partial charge in [0, 0.05) is 12.5 Å². The van der Waals surface area contributed by atoms with E-state index in [1.807, 2.05) is 0 Å². The Morgan fingerprint density at radius 2 is 2.43 bits per heavy atom. The van der Waals surface area contributed by atoms with Gasteiger partial charge in [-0.15, -0.1) is 0 Å². The summed E-state index contributed by atoms with van der Waals surface area (Å²) in [5.41, 5.74) is 1.09. The number of nitrogens with one attached hydrogen (secondary N) is 1. The molecule has 0 aromatic heterocycles. The molecule has 2 aliphatic heterocycles. The van der Waals surface area contributed by atoms with Crippen LogP contribution in [0, 0.1) is 5.92 Å². The average Bonchev–Trinajstić information content (AvgIpc) is 2.30. The molecule has 0 saturated carbocycles. The molecule has 1 saturated heterocycles. The van der Waals surface area contributed by atoms with Crippen LogP contribution in [0.25, 0.3) is 0 Å². The van der Waals surface area contributed by atoms with E-state index < -0.39 is 0 Å². The van der Waals surface area contributed by atoms with Crippen molar-refractivity contribution in [2.24, 2.45) is 5.92 Å². The standard InChI is InChI=1S/C11H19NO2/c13-11(9-3-1-5-12-7-9)10-4-2-6-14-8-10/h8-9,11-13H,1-7H2. The Bertz CT molecular complexity index is 209. The van der Waals surface area contributed by atoms with Crippen molar-refractivity contribution in [2.75, 3.05) is 19.7 Å². The monoisotopic (exact) mass is 197 g/mol. The summed E-state index contributed by atoms with van der Waals surface area (Å²) in [5.74, 6) is 0.386. The number of hydrogen-bond donors (Lipinski definition) is 2. The summed E-state index contributed by atoms with van der Waals surface area (Å²) in [4.78, 5) is 0. The van der Waals surface area contributed by atoms with Gasteiger partial charge < -0.3 is 15.2 Å². The SMILES string of the molecule is OC(C1=COCCC1)C1CCCNC1. The molecular weight excluding hydrogens is 178 g/mol. The van der Waals surface area contributed by atoms with Crippen molar-refractivity contribution >= 4 is 0 Å². The third-order valence-electron chi connectivity index (χ3n) is 3.12. The van der Waals surface area contributed by atoms with E-state index >= 15 is 0 Å². The fourth-order valence-corrected chi connectivity index (χ4v) is 2.25. The van der Waals surface area contributed by atoms with E-state index in [0.29, 0.717) is 5.92 Å². The molecule has 0 amide bonds. The Kier molecular flexibility index (Phi) is 3.43. The highest BCUT2D eigenvalue weighted by Crippen LogP contribution is 2.24. The predicted molar refractivity (Wildman–Crippen MR) is 54.9 cm³/mol. The van der Waals surface area contributed by atoms with Crippen LogP contribution in [-0.2, 0) is 4.74 Å². The number of aliphatic hydroxyl groups excluding tert-OH is 1. The van der Waals surface area contributed by atoms with Gasteiger partial charge in [0.15, 0.2) is 0 Å². The normalized spacial score (nSPS) is 30.4. The molecule has 3 nitrogen and oxygen atoms in total. The lowest BCUT2D eigenvalue weighted by atomic mass is 9.88. The van der Waals surface area contributed by atoms with E-state index in [4.69, 9.17) is 4.74 Å². The van der Waals surface area contributed by atoms with Crippen LogP contribution >= 0.6 is 0 Å². The zero-order chi connectivity index (χ0) is 9.80. The smallest absolute Gasteiger partial charge is 0.0876 e. The third-order valence-corrected chi connectivity index (χ3v) is 3.12. The highest BCUT2D eigenvalue weighted by atomic mass is 16.5. The molecule has 2 unspecified atom stereocenters. The Labute approximate surface area is 85.1 Å². The molecule has 1 fully saturated rings. The van der Waals surface area contributed by atoms with Crippen molar-refractivity contribution in [3.05, 3.63) is 11.8 Å². The number of hydrogen-bond acceptors (Lipinski definition) is 3. The van der Waals surface area contributed by atoms with Gasteiger partial charge in [0.05, 0.1) is 19.0 Å². The van der Waals surface area contributed by atoms with Crippen LogP contribution in [0.4, 0.5) is 0 Å². The molecule has 0 aliphatic carbocycles. The summed E-state index contributed by atoms with van der Waals surface area (Å²) in [6.07, 6.45) is 5.83. The molecule has 0 radical (unpaired) electrons. The lowest BCUT2D eigenvalue weighted by Gasteiger charge is -2.29. The first-order valence-corrected chi connectivity index (χ1v) is 5.57. The molecule has 2 heterocycles. The highest BCUT2D eigenvalue weighted by molar-refractivity contribution is 5.09. The molecule has 2 atom stereocenters. The van der Waals surface area contributed by atoms with Crippen molar-refractivity contribution in [3.63, 3.8) is 0 Å². The predicted octanol–water partition coefficient (Wildman–Crippen LogP) is 1.04. The molecule has 14 heavy (non-hydrogen) atoms. The van der Waals surface area contributed by atoms with Gasteiger partial charge in [0.1, 0.15) is 0 Å². The van der Waals surface area contributed by atoms with E-state index in [-0.39, 0.29) is 6.10 Å². The third kappa shape index (κ3) is 2.28. The Morgan fingerprint density at radius 1 is 1.50 bits per heavy atom. The van der Waals surface area contributed by atoms with Crippen molar-refractivity contribution in [2.45, 2.75) is 31.8 Å². The second-order valence-corrected chi connectivity index (χ2v) is 4.22. The van der Waals surface area contributed by atoms with E-state index in [0.717, 1.165) is 44.5 Å². The van der Waals surface area contributed by atoms with E-state index in [2.05, 4.69) is 5.32 Å². The molecule has 0 aromatic rings. The molecule has 0 aromatic carbocycles. The lowest BCUT2D eigenvalue weighted by Crippen LogP contribution is -2.37. The van der Waals surface area contributed by atoms with Crippen LogP contribution in [0.3, 0.4) is 0 Å². The second kappa shape index (κ2) is 4.80. The topological polar surface area (TPSA) is 41.5 Å². The number of piperidine rings is 1. The summed E-state index contributed by atoms with van der Waals surface area (Å²) in [5, 5.41) is 13.4. The van der Waals surface area contributed by atoms with Gasteiger partial charge in [-0.05, 0) is 37.8 Å². The molecule has 80 valence electrons. The van der Waals surface area contributed by atoms with E-state index in [1.54, 1.807) is 6.26 Å². The van der Waals surface area contributed by atoms with Crippen LogP contribution in [0.1, 0.15) is 25.7 Å². The second-order valence-electron chi connectivity index (χ2n) is 4.22. The summed E-state index contributed by atoms with van der Waals surface area (Å²) in [6, 6.07) is 0. The van der Waals surface area contributed by atoms with Crippen LogP contribution < -0.4 is 5.32 Å². The van der Waals surface area contributed by atoms with Crippen molar-refractivity contribution in [3.8, 4) is 0 Å². The first-order chi connectivity index (χ1) is 6.88. The van der Waals surface area contributed by atoms with Gasteiger partial charge in [-0.25, -0.2) is 0 Å². The summed E-state index contributed by atoms with van der Waals surface area (Å²) < 4.78 is 5.25. The molecule has 2 aliphatic rings. The van der Waals surface area contributed by atoms with E-state index in [1.165, 1.54) is 6.42 Å². The number of aliphatic hydroxyl groups is 1. The first-order valence-electron chi connectivity index (χ1n) is 5.57. The van der Waals surface area contributed by atoms with Crippen molar-refractivity contribution in [1.82, 2.24) is 5.32 Å². The molecule has 2 N–H and O–H groups in total. The van der Waals surface area contributed by atoms with Crippen LogP contribution in [0.2, 0.25) is 0 Å². The van der Waals surface area contributed by atoms with Gasteiger partial charge >= 0.3 is 0 Å². The van der Waals surface area contributed by atoms with Gasteiger partial charge in [-0.3, -0.25) is 0 Å². The molecule has 0 bridgehead atoms. The van der Waals surface area contributed by atoms with Gasteiger partial charge in [0.25, 0.3) is 0 Å². The summed E-state index contributed by atoms with van der Waals surface area (Å²) >= 11 is 0. The van der Waals surface area contributed by atoms with E-state index in [9.17, 15) is 5.11 Å². The summed E-state index contributed by atoms with van der Waals surface area (Å²) in [6.45, 7) is 2.84. The van der Waals surface area contributed by atoms with Crippen LogP contribution in [-0.4, -0.2) is 30.9 Å². The Balaban J connectivity index is 1.91. The number of ether oxygens (including phenoxy) is 1. The van der Waals surface area contributed by atoms with Gasteiger partial charge in [-0.2, -0.15) is 0 Å². The maximum Gasteiger partial charge on any atom is 0.0876 e. The van der Waals surface area contributed by atoms with Crippen LogP contribution in [0.5, 0.6) is 0 Å². The largest absolute Gasteiger partial charge is 0.501 e.